The Hall–Kier alpha value is -1.27. The minimum absolute atomic E-state index is 0.157. The maximum Gasteiger partial charge on any atom is 0.240 e. The van der Waals surface area contributed by atoms with Crippen LogP contribution < -0.4 is 20.5 Å². The molecular weight excluding hydrogens is 336 g/mol. The molecule has 0 aliphatic heterocycles. The molecule has 5 nitrogen and oxygen atoms in total. The fourth-order valence-electron chi connectivity index (χ4n) is 2.09. The first kappa shape index (κ1) is 17.8. The Morgan fingerprint density at radius 2 is 2.05 bits per heavy atom. The summed E-state index contributed by atoms with van der Waals surface area (Å²) in [5, 5.41) is 2.86. The number of hydrogen-bond donors (Lipinski definition) is 2. The highest BCUT2D eigenvalue weighted by molar-refractivity contribution is 9.10. The summed E-state index contributed by atoms with van der Waals surface area (Å²) in [5.74, 6) is 1.08. The zero-order chi connectivity index (χ0) is 16.0. The lowest BCUT2D eigenvalue weighted by molar-refractivity contribution is -0.126. The highest BCUT2D eigenvalue weighted by atomic mass is 79.9. The van der Waals surface area contributed by atoms with Gasteiger partial charge in [0.05, 0.1) is 24.2 Å². The molecule has 118 valence electrons. The van der Waals surface area contributed by atoms with Gasteiger partial charge in [-0.15, -0.1) is 0 Å². The van der Waals surface area contributed by atoms with Crippen LogP contribution in [-0.4, -0.2) is 25.7 Å². The molecule has 0 aromatic heterocycles. The SMILES string of the molecule is CCCC(C)(N)C(=O)NCc1cc(Br)c(OC)c(OC)c1. The third-order valence-corrected chi connectivity index (χ3v) is 3.82. The number of nitrogens with one attached hydrogen (secondary N) is 1. The van der Waals surface area contributed by atoms with Gasteiger partial charge in [-0.2, -0.15) is 0 Å². The number of ether oxygens (including phenoxy) is 2. The molecule has 1 atom stereocenters. The Morgan fingerprint density at radius 3 is 2.57 bits per heavy atom. The molecule has 0 spiro atoms. The number of hydrogen-bond acceptors (Lipinski definition) is 4. The summed E-state index contributed by atoms with van der Waals surface area (Å²) in [5.41, 5.74) is 6.06. The Balaban J connectivity index is 2.81. The van der Waals surface area contributed by atoms with Gasteiger partial charge in [-0.3, -0.25) is 4.79 Å². The molecule has 0 fully saturated rings. The van der Waals surface area contributed by atoms with Crippen LogP contribution in [0.2, 0.25) is 0 Å². The van der Waals surface area contributed by atoms with Gasteiger partial charge in [-0.05, 0) is 47.0 Å². The topological polar surface area (TPSA) is 73.6 Å². The van der Waals surface area contributed by atoms with Crippen molar-refractivity contribution >= 4 is 21.8 Å². The number of amides is 1. The van der Waals surface area contributed by atoms with Crippen molar-refractivity contribution in [2.45, 2.75) is 38.8 Å². The summed E-state index contributed by atoms with van der Waals surface area (Å²) in [7, 11) is 3.15. The lowest BCUT2D eigenvalue weighted by Crippen LogP contribution is -2.51. The fourth-order valence-corrected chi connectivity index (χ4v) is 2.74. The van der Waals surface area contributed by atoms with Crippen LogP contribution in [-0.2, 0) is 11.3 Å². The van der Waals surface area contributed by atoms with Crippen molar-refractivity contribution in [3.05, 3.63) is 22.2 Å². The van der Waals surface area contributed by atoms with Crippen LogP contribution in [0.4, 0.5) is 0 Å². The molecule has 0 saturated heterocycles. The molecule has 1 amide bonds. The molecule has 1 unspecified atom stereocenters. The zero-order valence-electron chi connectivity index (χ0n) is 13.0. The first-order chi connectivity index (χ1) is 9.85. The van der Waals surface area contributed by atoms with Crippen molar-refractivity contribution < 1.29 is 14.3 Å². The van der Waals surface area contributed by atoms with E-state index in [4.69, 9.17) is 15.2 Å². The Kier molecular flexibility index (Phi) is 6.48. The van der Waals surface area contributed by atoms with Gasteiger partial charge in [0.25, 0.3) is 0 Å². The first-order valence-electron chi connectivity index (χ1n) is 6.83. The fraction of sp³-hybridized carbons (Fsp3) is 0.533. The maximum absolute atomic E-state index is 12.1. The van der Waals surface area contributed by atoms with Crippen molar-refractivity contribution in [2.24, 2.45) is 5.73 Å². The van der Waals surface area contributed by atoms with E-state index >= 15 is 0 Å². The van der Waals surface area contributed by atoms with Crippen LogP contribution in [0.25, 0.3) is 0 Å². The predicted molar refractivity (Wildman–Crippen MR) is 86.6 cm³/mol. The average molecular weight is 359 g/mol. The lowest BCUT2D eigenvalue weighted by Gasteiger charge is -2.23. The first-order valence-corrected chi connectivity index (χ1v) is 7.62. The average Bonchev–Trinajstić information content (AvgIpc) is 2.43. The third-order valence-electron chi connectivity index (χ3n) is 3.23. The van der Waals surface area contributed by atoms with Crippen LogP contribution in [0, 0.1) is 0 Å². The van der Waals surface area contributed by atoms with E-state index in [-0.39, 0.29) is 5.91 Å². The van der Waals surface area contributed by atoms with E-state index in [1.54, 1.807) is 21.1 Å². The van der Waals surface area contributed by atoms with Crippen molar-refractivity contribution in [3.8, 4) is 11.5 Å². The van der Waals surface area contributed by atoms with E-state index in [0.29, 0.717) is 24.5 Å². The van der Waals surface area contributed by atoms with Crippen LogP contribution >= 0.6 is 15.9 Å². The number of carbonyl (C=O) groups is 1. The van der Waals surface area contributed by atoms with Gasteiger partial charge >= 0.3 is 0 Å². The molecule has 3 N–H and O–H groups in total. The second kappa shape index (κ2) is 7.66. The van der Waals surface area contributed by atoms with Crippen molar-refractivity contribution in [3.63, 3.8) is 0 Å². The van der Waals surface area contributed by atoms with Crippen molar-refractivity contribution in [2.75, 3.05) is 14.2 Å². The number of methoxy groups -OCH3 is 2. The van der Waals surface area contributed by atoms with Crippen LogP contribution in [0.5, 0.6) is 11.5 Å². The maximum atomic E-state index is 12.1. The number of carbonyl (C=O) groups excluding carboxylic acids is 1. The Morgan fingerprint density at radius 1 is 1.38 bits per heavy atom. The standard InChI is InChI=1S/C15H23BrN2O3/c1-5-6-15(2,17)14(19)18-9-10-7-11(16)13(21-4)12(8-10)20-3/h7-8H,5-6,9,17H2,1-4H3,(H,18,19). The minimum atomic E-state index is -0.845. The smallest absolute Gasteiger partial charge is 0.240 e. The zero-order valence-corrected chi connectivity index (χ0v) is 14.5. The van der Waals surface area contributed by atoms with Gasteiger partial charge in [-0.25, -0.2) is 0 Å². The molecule has 1 aromatic rings. The summed E-state index contributed by atoms with van der Waals surface area (Å²) in [6.07, 6.45) is 1.51. The Labute approximate surface area is 134 Å². The van der Waals surface area contributed by atoms with Gasteiger partial charge in [0.15, 0.2) is 11.5 Å². The molecular formula is C15H23BrN2O3. The molecule has 1 aromatic carbocycles. The van der Waals surface area contributed by atoms with E-state index < -0.39 is 5.54 Å². The van der Waals surface area contributed by atoms with E-state index in [9.17, 15) is 4.79 Å². The molecule has 0 aliphatic rings. The van der Waals surface area contributed by atoms with Crippen molar-refractivity contribution in [1.82, 2.24) is 5.32 Å². The van der Waals surface area contributed by atoms with Gasteiger partial charge in [0, 0.05) is 6.54 Å². The van der Waals surface area contributed by atoms with Gasteiger partial charge in [0.2, 0.25) is 5.91 Å². The van der Waals surface area contributed by atoms with Crippen LogP contribution in [0.1, 0.15) is 32.3 Å². The summed E-state index contributed by atoms with van der Waals surface area (Å²) in [6.45, 7) is 4.13. The molecule has 0 saturated carbocycles. The minimum Gasteiger partial charge on any atom is -0.493 e. The van der Waals surface area contributed by atoms with Gasteiger partial charge in [-0.1, -0.05) is 13.3 Å². The molecule has 0 aliphatic carbocycles. The lowest BCUT2D eigenvalue weighted by atomic mass is 9.96. The summed E-state index contributed by atoms with van der Waals surface area (Å²) in [6, 6.07) is 3.72. The molecule has 21 heavy (non-hydrogen) atoms. The Bertz CT molecular complexity index is 504. The van der Waals surface area contributed by atoms with Crippen LogP contribution in [0.15, 0.2) is 16.6 Å². The molecule has 0 heterocycles. The number of nitrogens with two attached hydrogens (primary N) is 1. The van der Waals surface area contributed by atoms with Gasteiger partial charge < -0.3 is 20.5 Å². The molecule has 6 heteroatoms. The summed E-state index contributed by atoms with van der Waals surface area (Å²) < 4.78 is 11.3. The highest BCUT2D eigenvalue weighted by Gasteiger charge is 2.26. The highest BCUT2D eigenvalue weighted by Crippen LogP contribution is 2.36. The molecule has 0 radical (unpaired) electrons. The van der Waals surface area contributed by atoms with Gasteiger partial charge in [0.1, 0.15) is 0 Å². The largest absolute Gasteiger partial charge is 0.493 e. The van der Waals surface area contributed by atoms with Crippen LogP contribution in [0.3, 0.4) is 0 Å². The second-order valence-electron chi connectivity index (χ2n) is 5.16. The third kappa shape index (κ3) is 4.61. The van der Waals surface area contributed by atoms with E-state index in [0.717, 1.165) is 16.5 Å². The number of halogens is 1. The number of rotatable bonds is 7. The van der Waals surface area contributed by atoms with E-state index in [2.05, 4.69) is 21.2 Å². The monoisotopic (exact) mass is 358 g/mol. The predicted octanol–water partition coefficient (Wildman–Crippen LogP) is 2.60. The normalized spacial score (nSPS) is 13.4. The molecule has 1 rings (SSSR count). The quantitative estimate of drug-likeness (QED) is 0.785. The van der Waals surface area contributed by atoms with E-state index in [1.165, 1.54) is 0 Å². The van der Waals surface area contributed by atoms with E-state index in [1.807, 2.05) is 19.1 Å². The number of benzene rings is 1. The summed E-state index contributed by atoms with van der Waals surface area (Å²) in [4.78, 5) is 12.1. The molecule has 0 bridgehead atoms. The summed E-state index contributed by atoms with van der Waals surface area (Å²) >= 11 is 3.43. The second-order valence-corrected chi connectivity index (χ2v) is 6.02. The van der Waals surface area contributed by atoms with Crippen molar-refractivity contribution in [1.29, 1.82) is 0 Å².